The molecule has 2 aromatic carbocycles. The summed E-state index contributed by atoms with van der Waals surface area (Å²) in [7, 11) is 0. The lowest BCUT2D eigenvalue weighted by Gasteiger charge is -2.32. The van der Waals surface area contributed by atoms with Crippen molar-refractivity contribution in [1.29, 1.82) is 0 Å². The molecule has 4 heteroatoms. The van der Waals surface area contributed by atoms with Crippen LogP contribution < -0.4 is 15.2 Å². The van der Waals surface area contributed by atoms with Crippen molar-refractivity contribution in [1.82, 2.24) is 4.98 Å². The van der Waals surface area contributed by atoms with E-state index in [0.717, 1.165) is 23.5 Å². The van der Waals surface area contributed by atoms with Crippen molar-refractivity contribution in [2.75, 3.05) is 5.73 Å². The lowest BCUT2D eigenvalue weighted by Crippen LogP contribution is -2.23. The molecule has 0 saturated heterocycles. The summed E-state index contributed by atoms with van der Waals surface area (Å²) in [6.07, 6.45) is 2.62. The van der Waals surface area contributed by atoms with E-state index in [-0.39, 0.29) is 6.10 Å². The summed E-state index contributed by atoms with van der Waals surface area (Å²) in [5.41, 5.74) is 8.65. The van der Waals surface area contributed by atoms with Crippen molar-refractivity contribution in [2.24, 2.45) is 5.92 Å². The van der Waals surface area contributed by atoms with E-state index < -0.39 is 0 Å². The molecule has 126 valence electrons. The van der Waals surface area contributed by atoms with Gasteiger partial charge in [0.25, 0.3) is 0 Å². The Morgan fingerprint density at radius 2 is 1.92 bits per heavy atom. The van der Waals surface area contributed by atoms with Crippen LogP contribution in [0.2, 0.25) is 0 Å². The minimum atomic E-state index is 0.0826. The van der Waals surface area contributed by atoms with Crippen LogP contribution in [0.4, 0.5) is 5.69 Å². The molecule has 4 nitrogen and oxygen atoms in total. The van der Waals surface area contributed by atoms with Gasteiger partial charge in [-0.3, -0.25) is 0 Å². The van der Waals surface area contributed by atoms with Gasteiger partial charge >= 0.3 is 0 Å². The number of benzene rings is 2. The minimum absolute atomic E-state index is 0.0826. The maximum Gasteiger partial charge on any atom is 0.219 e. The Bertz CT molecular complexity index is 863. The van der Waals surface area contributed by atoms with Crippen LogP contribution in [-0.4, -0.2) is 4.98 Å². The summed E-state index contributed by atoms with van der Waals surface area (Å²) in [6, 6.07) is 19.8. The van der Waals surface area contributed by atoms with Gasteiger partial charge in [0.05, 0.1) is 11.9 Å². The van der Waals surface area contributed by atoms with E-state index in [1.165, 1.54) is 5.56 Å². The summed E-state index contributed by atoms with van der Waals surface area (Å²) in [6.45, 7) is 2.22. The zero-order chi connectivity index (χ0) is 17.2. The summed E-state index contributed by atoms with van der Waals surface area (Å²) in [4.78, 5) is 4.17. The number of ether oxygens (including phenoxy) is 2. The lowest BCUT2D eigenvalue weighted by molar-refractivity contribution is 0.123. The van der Waals surface area contributed by atoms with Crippen LogP contribution >= 0.6 is 0 Å². The molecule has 2 heterocycles. The minimum Gasteiger partial charge on any atom is -0.485 e. The third kappa shape index (κ3) is 3.29. The molecule has 0 amide bonds. The lowest BCUT2D eigenvalue weighted by atomic mass is 9.88. The standard InChI is InChI=1S/C21H20N2O2/c1-14-11-16-12-18(24-20-10-7-17(22)13-23-20)8-9-19(16)25-21(14)15-5-3-2-4-6-15/h2-10,12-14,21H,11,22H2,1H3. The number of nitrogens with two attached hydrogens (primary N) is 1. The zero-order valence-electron chi connectivity index (χ0n) is 14.1. The van der Waals surface area contributed by atoms with E-state index >= 15 is 0 Å². The second-order valence-electron chi connectivity index (χ2n) is 6.43. The zero-order valence-corrected chi connectivity index (χ0v) is 14.1. The third-order valence-electron chi connectivity index (χ3n) is 4.45. The van der Waals surface area contributed by atoms with Crippen LogP contribution in [0, 0.1) is 5.92 Å². The van der Waals surface area contributed by atoms with Crippen molar-refractivity contribution in [2.45, 2.75) is 19.4 Å². The van der Waals surface area contributed by atoms with Crippen molar-refractivity contribution in [3.8, 4) is 17.4 Å². The molecule has 0 spiro atoms. The van der Waals surface area contributed by atoms with Gasteiger partial charge < -0.3 is 15.2 Å². The molecule has 2 N–H and O–H groups in total. The fourth-order valence-electron chi connectivity index (χ4n) is 3.21. The summed E-state index contributed by atoms with van der Waals surface area (Å²) >= 11 is 0. The average Bonchev–Trinajstić information content (AvgIpc) is 2.64. The largest absolute Gasteiger partial charge is 0.485 e. The first-order valence-corrected chi connectivity index (χ1v) is 8.43. The maximum atomic E-state index is 6.26. The first-order chi connectivity index (χ1) is 12.2. The Hall–Kier alpha value is -3.01. The summed E-state index contributed by atoms with van der Waals surface area (Å²) < 4.78 is 12.1. The first kappa shape index (κ1) is 15.5. The second kappa shape index (κ2) is 6.48. The van der Waals surface area contributed by atoms with Crippen LogP contribution in [0.15, 0.2) is 66.9 Å². The van der Waals surface area contributed by atoms with Crippen molar-refractivity contribution >= 4 is 5.69 Å². The average molecular weight is 332 g/mol. The molecule has 3 aromatic rings. The molecular weight excluding hydrogens is 312 g/mol. The monoisotopic (exact) mass is 332 g/mol. The summed E-state index contributed by atoms with van der Waals surface area (Å²) in [5, 5.41) is 0. The van der Waals surface area contributed by atoms with Gasteiger partial charge in [-0.2, -0.15) is 0 Å². The molecule has 1 aliphatic heterocycles. The number of hydrogen-bond acceptors (Lipinski definition) is 4. The van der Waals surface area contributed by atoms with Crippen LogP contribution in [0.5, 0.6) is 17.4 Å². The molecule has 0 saturated carbocycles. The van der Waals surface area contributed by atoms with Crippen molar-refractivity contribution in [3.63, 3.8) is 0 Å². The third-order valence-corrected chi connectivity index (χ3v) is 4.45. The van der Waals surface area contributed by atoms with Gasteiger partial charge in [-0.05, 0) is 41.8 Å². The number of aromatic nitrogens is 1. The molecular formula is C21H20N2O2. The van der Waals surface area contributed by atoms with E-state index in [9.17, 15) is 0 Å². The SMILES string of the molecule is CC1Cc2cc(Oc3ccc(N)cn3)ccc2OC1c1ccccc1. The molecule has 1 aromatic heterocycles. The van der Waals surface area contributed by atoms with Crippen LogP contribution in [-0.2, 0) is 6.42 Å². The van der Waals surface area contributed by atoms with Crippen molar-refractivity contribution in [3.05, 3.63) is 78.0 Å². The second-order valence-corrected chi connectivity index (χ2v) is 6.43. The van der Waals surface area contributed by atoms with E-state index in [1.807, 2.05) is 24.3 Å². The molecule has 1 aliphatic rings. The highest BCUT2D eigenvalue weighted by molar-refractivity contribution is 5.44. The smallest absolute Gasteiger partial charge is 0.219 e. The Labute approximate surface area is 147 Å². The molecule has 2 atom stereocenters. The van der Waals surface area contributed by atoms with Crippen LogP contribution in [0.1, 0.15) is 24.2 Å². The van der Waals surface area contributed by atoms with Crippen molar-refractivity contribution < 1.29 is 9.47 Å². The van der Waals surface area contributed by atoms with Gasteiger partial charge in [0.2, 0.25) is 5.88 Å². The summed E-state index contributed by atoms with van der Waals surface area (Å²) in [5.74, 6) is 2.59. The molecule has 4 rings (SSSR count). The van der Waals surface area contributed by atoms with Gasteiger partial charge in [0.15, 0.2) is 0 Å². The first-order valence-electron chi connectivity index (χ1n) is 8.43. The normalized spacial score (nSPS) is 18.9. The Balaban J connectivity index is 1.56. The van der Waals surface area contributed by atoms with Gasteiger partial charge in [-0.15, -0.1) is 0 Å². The molecule has 25 heavy (non-hydrogen) atoms. The fraction of sp³-hybridized carbons (Fsp3) is 0.190. The molecule has 0 aliphatic carbocycles. The predicted molar refractivity (Wildman–Crippen MR) is 97.8 cm³/mol. The molecule has 2 unspecified atom stereocenters. The Morgan fingerprint density at radius 3 is 2.68 bits per heavy atom. The van der Waals surface area contributed by atoms with E-state index in [4.69, 9.17) is 15.2 Å². The van der Waals surface area contributed by atoms with E-state index in [0.29, 0.717) is 17.5 Å². The number of rotatable bonds is 3. The highest BCUT2D eigenvalue weighted by atomic mass is 16.5. The van der Waals surface area contributed by atoms with Gasteiger partial charge in [0, 0.05) is 12.0 Å². The number of anilines is 1. The Morgan fingerprint density at radius 1 is 1.08 bits per heavy atom. The number of fused-ring (bicyclic) bond motifs is 1. The number of hydrogen-bond donors (Lipinski definition) is 1. The quantitative estimate of drug-likeness (QED) is 0.750. The van der Waals surface area contributed by atoms with Crippen LogP contribution in [0.3, 0.4) is 0 Å². The van der Waals surface area contributed by atoms with Gasteiger partial charge in [-0.25, -0.2) is 4.98 Å². The topological polar surface area (TPSA) is 57.4 Å². The van der Waals surface area contributed by atoms with E-state index in [1.54, 1.807) is 18.3 Å². The van der Waals surface area contributed by atoms with Gasteiger partial charge in [0.1, 0.15) is 17.6 Å². The number of pyridine rings is 1. The number of nitrogens with zero attached hydrogens (tertiary/aromatic N) is 1. The fourth-order valence-corrected chi connectivity index (χ4v) is 3.21. The van der Waals surface area contributed by atoms with Gasteiger partial charge in [-0.1, -0.05) is 37.3 Å². The number of nitrogen functional groups attached to an aromatic ring is 1. The predicted octanol–water partition coefficient (Wildman–Crippen LogP) is 4.77. The molecule has 0 bridgehead atoms. The molecule has 0 fully saturated rings. The highest BCUT2D eigenvalue weighted by Crippen LogP contribution is 2.40. The maximum absolute atomic E-state index is 6.26. The molecule has 0 radical (unpaired) electrons. The Kier molecular flexibility index (Phi) is 4.02. The van der Waals surface area contributed by atoms with E-state index in [2.05, 4.69) is 36.2 Å². The van der Waals surface area contributed by atoms with Crippen LogP contribution in [0.25, 0.3) is 0 Å². The highest BCUT2D eigenvalue weighted by Gasteiger charge is 2.28.